The lowest BCUT2D eigenvalue weighted by Gasteiger charge is -2.12. The molecule has 7 aromatic rings. The Morgan fingerprint density at radius 1 is 0.940 bits per heavy atom. The first kappa shape index (κ1) is 33.1. The Kier molecular flexibility index (Phi) is 9.15. The van der Waals surface area contributed by atoms with Gasteiger partial charge in [-0.25, -0.2) is 19.2 Å². The van der Waals surface area contributed by atoms with Crippen LogP contribution in [0.1, 0.15) is 55.6 Å². The van der Waals surface area contributed by atoms with Crippen molar-refractivity contribution < 1.29 is 9.59 Å². The Hall–Kier alpha value is -5.43. The van der Waals surface area contributed by atoms with Crippen molar-refractivity contribution in [3.8, 4) is 22.5 Å². The van der Waals surface area contributed by atoms with Crippen LogP contribution in [-0.4, -0.2) is 46.4 Å². The first-order valence-corrected chi connectivity index (χ1v) is 17.2. The van der Waals surface area contributed by atoms with Crippen LogP contribution in [0.5, 0.6) is 0 Å². The fourth-order valence-electron chi connectivity index (χ4n) is 5.51. The summed E-state index contributed by atoms with van der Waals surface area (Å²) in [6.45, 7) is 6.12. The number of benzene rings is 3. The van der Waals surface area contributed by atoms with Crippen molar-refractivity contribution in [2.75, 3.05) is 5.32 Å². The number of aryl methyl sites for hydroxylation is 2. The number of carbonyl (C=O) groups excluding carboxylic acids is 2. The van der Waals surface area contributed by atoms with Crippen molar-refractivity contribution in [1.29, 1.82) is 0 Å². The fraction of sp³-hybridized carbons (Fsp3) is 0.139. The molecule has 7 rings (SSSR count). The number of rotatable bonds is 9. The lowest BCUT2D eigenvalue weighted by atomic mass is 10.1. The molecule has 0 spiro atoms. The number of thiazole rings is 1. The molecule has 50 heavy (non-hydrogen) atoms. The number of nitrogens with zero attached hydrogens (tertiary/aromatic N) is 7. The molecule has 11 nitrogen and oxygen atoms in total. The van der Waals surface area contributed by atoms with E-state index in [-0.39, 0.29) is 17.9 Å². The zero-order valence-electron chi connectivity index (χ0n) is 27.1. The Balaban J connectivity index is 0.973. The minimum Gasteiger partial charge on any atom is -0.343 e. The molecule has 0 bridgehead atoms. The zero-order valence-corrected chi connectivity index (χ0v) is 29.4. The van der Waals surface area contributed by atoms with Gasteiger partial charge in [0.25, 0.3) is 11.8 Å². The molecule has 0 radical (unpaired) electrons. The molecule has 0 saturated heterocycles. The van der Waals surface area contributed by atoms with Crippen molar-refractivity contribution in [1.82, 2.24) is 39.9 Å². The summed E-state index contributed by atoms with van der Waals surface area (Å²) in [6, 6.07) is 21.6. The standard InChI is InChI=1S/C36H29Cl2N9O2S/c1-20-13-21(2)47-33(40-20)29(16-39-47)35(49)42-27-10-7-24(8-11-27)31-18-46(45-44-31)17-23-5-4-6-25(14-23)34(48)41-22(3)36-43-32(19-50-36)28-12-9-26(37)15-30(28)38/h4-16,18-19,22H,17H2,1-3H3,(H,41,48)(H,42,49). The third kappa shape index (κ3) is 6.99. The van der Waals surface area contributed by atoms with Gasteiger partial charge in [0, 0.05) is 44.2 Å². The van der Waals surface area contributed by atoms with Gasteiger partial charge in [-0.15, -0.1) is 16.4 Å². The van der Waals surface area contributed by atoms with E-state index in [0.29, 0.717) is 44.7 Å². The lowest BCUT2D eigenvalue weighted by molar-refractivity contribution is 0.0939. The summed E-state index contributed by atoms with van der Waals surface area (Å²) in [5.41, 5.74) is 7.68. The van der Waals surface area contributed by atoms with Crippen LogP contribution in [0, 0.1) is 13.8 Å². The van der Waals surface area contributed by atoms with Crippen LogP contribution in [0.2, 0.25) is 10.0 Å². The van der Waals surface area contributed by atoms with Gasteiger partial charge in [-0.2, -0.15) is 5.10 Å². The van der Waals surface area contributed by atoms with Crippen molar-refractivity contribution in [2.24, 2.45) is 0 Å². The molecule has 2 N–H and O–H groups in total. The van der Waals surface area contributed by atoms with Gasteiger partial charge in [0.15, 0.2) is 5.65 Å². The van der Waals surface area contributed by atoms with Gasteiger partial charge in [0.05, 0.1) is 35.7 Å². The van der Waals surface area contributed by atoms with Crippen LogP contribution >= 0.6 is 34.5 Å². The maximum Gasteiger partial charge on any atom is 0.261 e. The van der Waals surface area contributed by atoms with E-state index in [1.165, 1.54) is 17.5 Å². The van der Waals surface area contributed by atoms with Gasteiger partial charge < -0.3 is 10.6 Å². The summed E-state index contributed by atoms with van der Waals surface area (Å²) >= 11 is 13.8. The van der Waals surface area contributed by atoms with E-state index in [0.717, 1.165) is 38.8 Å². The molecule has 0 fully saturated rings. The van der Waals surface area contributed by atoms with Crippen LogP contribution in [0.25, 0.3) is 28.2 Å². The number of hydrogen-bond acceptors (Lipinski definition) is 8. The van der Waals surface area contributed by atoms with E-state index >= 15 is 0 Å². The number of fused-ring (bicyclic) bond motifs is 1. The topological polar surface area (TPSA) is 132 Å². The van der Waals surface area contributed by atoms with Gasteiger partial charge in [0.1, 0.15) is 16.3 Å². The summed E-state index contributed by atoms with van der Waals surface area (Å²) in [5.74, 6) is -0.506. The number of hydrogen-bond donors (Lipinski definition) is 2. The van der Waals surface area contributed by atoms with Crippen LogP contribution in [-0.2, 0) is 6.54 Å². The summed E-state index contributed by atoms with van der Waals surface area (Å²) < 4.78 is 3.37. The maximum atomic E-state index is 13.2. The molecule has 250 valence electrons. The number of anilines is 1. The van der Waals surface area contributed by atoms with E-state index in [1.807, 2.05) is 86.9 Å². The van der Waals surface area contributed by atoms with Crippen molar-refractivity contribution >= 4 is 57.7 Å². The summed E-state index contributed by atoms with van der Waals surface area (Å²) in [4.78, 5) is 35.4. The maximum absolute atomic E-state index is 13.2. The predicted octanol–water partition coefficient (Wildman–Crippen LogP) is 7.83. The Bertz CT molecular complexity index is 2380. The highest BCUT2D eigenvalue weighted by molar-refractivity contribution is 7.10. The molecule has 1 unspecified atom stereocenters. The molecule has 4 heterocycles. The second kappa shape index (κ2) is 13.8. The minimum atomic E-state index is -0.315. The van der Waals surface area contributed by atoms with Crippen molar-refractivity contribution in [3.05, 3.63) is 134 Å². The van der Waals surface area contributed by atoms with E-state index in [4.69, 9.17) is 28.2 Å². The summed E-state index contributed by atoms with van der Waals surface area (Å²) in [6.07, 6.45) is 3.36. The lowest BCUT2D eigenvalue weighted by Crippen LogP contribution is -2.26. The SMILES string of the molecule is Cc1cc(C)n2ncc(C(=O)Nc3ccc(-c4cn(Cc5cccc(C(=O)NC(C)c6nc(-c7ccc(Cl)cc7Cl)cs6)c5)nn4)cc3)c2n1. The van der Waals surface area contributed by atoms with Crippen molar-refractivity contribution in [2.45, 2.75) is 33.4 Å². The fourth-order valence-corrected chi connectivity index (χ4v) is 6.84. The molecule has 3 aromatic carbocycles. The van der Waals surface area contributed by atoms with Crippen LogP contribution in [0.4, 0.5) is 5.69 Å². The first-order valence-electron chi connectivity index (χ1n) is 15.6. The molecule has 0 saturated carbocycles. The normalized spacial score (nSPS) is 11.9. The molecule has 0 aliphatic rings. The molecule has 4 aromatic heterocycles. The summed E-state index contributed by atoms with van der Waals surface area (Å²) in [7, 11) is 0. The third-order valence-corrected chi connectivity index (χ3v) is 9.56. The highest BCUT2D eigenvalue weighted by atomic mass is 35.5. The van der Waals surface area contributed by atoms with Gasteiger partial charge in [0.2, 0.25) is 0 Å². The number of halogens is 2. The average molecular weight is 723 g/mol. The van der Waals surface area contributed by atoms with Crippen LogP contribution in [0.3, 0.4) is 0 Å². The van der Waals surface area contributed by atoms with E-state index in [2.05, 4.69) is 31.0 Å². The Labute approximate surface area is 300 Å². The third-order valence-electron chi connectivity index (χ3n) is 7.98. The van der Waals surface area contributed by atoms with Gasteiger partial charge >= 0.3 is 0 Å². The van der Waals surface area contributed by atoms with Crippen molar-refractivity contribution in [3.63, 3.8) is 0 Å². The molecule has 14 heteroatoms. The van der Waals surface area contributed by atoms with Crippen LogP contribution in [0.15, 0.2) is 90.6 Å². The Morgan fingerprint density at radius 3 is 2.56 bits per heavy atom. The quantitative estimate of drug-likeness (QED) is 0.155. The summed E-state index contributed by atoms with van der Waals surface area (Å²) in [5, 5.41) is 22.6. The molecular formula is C36H29Cl2N9O2S. The number of carbonyl (C=O) groups is 2. The minimum absolute atomic E-state index is 0.213. The largest absolute Gasteiger partial charge is 0.343 e. The molecule has 2 amide bonds. The molecule has 1 atom stereocenters. The highest BCUT2D eigenvalue weighted by Gasteiger charge is 2.18. The smallest absolute Gasteiger partial charge is 0.261 e. The molecular weight excluding hydrogens is 693 g/mol. The van der Waals surface area contributed by atoms with Gasteiger partial charge in [-0.1, -0.05) is 52.7 Å². The van der Waals surface area contributed by atoms with Crippen LogP contribution < -0.4 is 10.6 Å². The number of amides is 2. The first-order chi connectivity index (χ1) is 24.1. The highest BCUT2D eigenvalue weighted by Crippen LogP contribution is 2.32. The van der Waals surface area contributed by atoms with E-state index < -0.39 is 0 Å². The zero-order chi connectivity index (χ0) is 34.9. The average Bonchev–Trinajstić information content (AvgIpc) is 3.86. The van der Waals surface area contributed by atoms with Gasteiger partial charge in [-0.05, 0) is 74.9 Å². The number of aromatic nitrogens is 7. The molecule has 0 aliphatic carbocycles. The monoisotopic (exact) mass is 721 g/mol. The van der Waals surface area contributed by atoms with Gasteiger partial charge in [-0.3, -0.25) is 9.59 Å². The second-order valence-electron chi connectivity index (χ2n) is 11.8. The second-order valence-corrected chi connectivity index (χ2v) is 13.5. The molecule has 0 aliphatic heterocycles. The Morgan fingerprint density at radius 2 is 1.76 bits per heavy atom. The van der Waals surface area contributed by atoms with E-state index in [9.17, 15) is 9.59 Å². The predicted molar refractivity (Wildman–Crippen MR) is 195 cm³/mol. The number of nitrogens with one attached hydrogen (secondary N) is 2. The van der Waals surface area contributed by atoms with E-state index in [1.54, 1.807) is 27.4 Å².